The molecule has 3 N–H and O–H groups in total. The Hall–Kier alpha value is -0.820. The summed E-state index contributed by atoms with van der Waals surface area (Å²) >= 11 is 0. The van der Waals surface area contributed by atoms with E-state index in [0.29, 0.717) is 19.0 Å². The number of nitrogens with zero attached hydrogens (tertiary/aromatic N) is 1. The van der Waals surface area contributed by atoms with Crippen LogP contribution in [0.5, 0.6) is 0 Å². The highest BCUT2D eigenvalue weighted by Crippen LogP contribution is 2.24. The quantitative estimate of drug-likeness (QED) is 0.789. The van der Waals surface area contributed by atoms with E-state index in [2.05, 4.69) is 0 Å². The molecule has 0 aromatic rings. The van der Waals surface area contributed by atoms with Crippen molar-refractivity contribution in [1.29, 1.82) is 0 Å². The summed E-state index contributed by atoms with van der Waals surface area (Å²) in [6.45, 7) is 3.51. The number of rotatable bonds is 4. The van der Waals surface area contributed by atoms with Crippen LogP contribution in [-0.2, 0) is 4.79 Å². The third-order valence-corrected chi connectivity index (χ3v) is 3.38. The molecule has 0 aromatic carbocycles. The van der Waals surface area contributed by atoms with Gasteiger partial charge < -0.3 is 11.1 Å². The fourth-order valence-corrected chi connectivity index (χ4v) is 2.37. The van der Waals surface area contributed by atoms with Gasteiger partial charge in [0, 0.05) is 12.6 Å². The van der Waals surface area contributed by atoms with E-state index in [1.54, 1.807) is 6.92 Å². The summed E-state index contributed by atoms with van der Waals surface area (Å²) in [5, 5.41) is 1.92. The Morgan fingerprint density at radius 3 is 2.61 bits per heavy atom. The molecule has 0 saturated carbocycles. The largest absolute Gasteiger partial charge is 0.405 e. The Morgan fingerprint density at radius 1 is 1.56 bits per heavy atom. The van der Waals surface area contributed by atoms with Crippen molar-refractivity contribution in [2.75, 3.05) is 19.6 Å². The molecule has 1 aliphatic heterocycles. The zero-order chi connectivity index (χ0) is 13.9. The molecule has 4 nitrogen and oxygen atoms in total. The van der Waals surface area contributed by atoms with Gasteiger partial charge in [0.2, 0.25) is 5.91 Å². The Bertz CT molecular complexity index is 296. The first-order chi connectivity index (χ1) is 8.24. The zero-order valence-corrected chi connectivity index (χ0v) is 10.6. The van der Waals surface area contributed by atoms with Crippen molar-refractivity contribution < 1.29 is 18.0 Å². The van der Waals surface area contributed by atoms with Gasteiger partial charge in [-0.3, -0.25) is 9.69 Å². The summed E-state index contributed by atoms with van der Waals surface area (Å²) in [6.07, 6.45) is -3.49. The Labute approximate surface area is 105 Å². The number of carbonyl (C=O) groups excluding carboxylic acids is 1. The summed E-state index contributed by atoms with van der Waals surface area (Å²) < 4.78 is 36.0. The standard InChI is InChI=1S/C11H20F3N3O/c1-7-3-9(4-15)5-17(7)8(2)10(18)16-6-11(12,13)14/h7-9H,3-6,15H2,1-2H3,(H,16,18). The topological polar surface area (TPSA) is 58.4 Å². The van der Waals surface area contributed by atoms with Gasteiger partial charge in [0.25, 0.3) is 0 Å². The highest BCUT2D eigenvalue weighted by Gasteiger charge is 2.35. The van der Waals surface area contributed by atoms with Crippen LogP contribution in [0, 0.1) is 5.92 Å². The number of hydrogen-bond donors (Lipinski definition) is 2. The molecule has 0 radical (unpaired) electrons. The van der Waals surface area contributed by atoms with Crippen LogP contribution in [0.3, 0.4) is 0 Å². The average Bonchev–Trinajstić information content (AvgIpc) is 2.65. The van der Waals surface area contributed by atoms with Crippen LogP contribution in [-0.4, -0.2) is 48.7 Å². The fourth-order valence-electron chi connectivity index (χ4n) is 2.37. The lowest BCUT2D eigenvalue weighted by Crippen LogP contribution is -2.48. The molecular weight excluding hydrogens is 247 g/mol. The second-order valence-corrected chi connectivity index (χ2v) is 4.89. The Balaban J connectivity index is 2.49. The number of amides is 1. The summed E-state index contributed by atoms with van der Waals surface area (Å²) in [7, 11) is 0. The first-order valence-electron chi connectivity index (χ1n) is 6.05. The van der Waals surface area contributed by atoms with Crippen molar-refractivity contribution in [2.45, 2.75) is 38.5 Å². The second kappa shape index (κ2) is 5.88. The van der Waals surface area contributed by atoms with Crippen LogP contribution in [0.25, 0.3) is 0 Å². The number of carbonyl (C=O) groups is 1. The molecule has 1 aliphatic rings. The Kier molecular flexibility index (Phi) is 4.98. The minimum absolute atomic E-state index is 0.171. The lowest BCUT2D eigenvalue weighted by atomic mass is 10.1. The van der Waals surface area contributed by atoms with Gasteiger partial charge >= 0.3 is 6.18 Å². The van der Waals surface area contributed by atoms with E-state index in [0.717, 1.165) is 6.42 Å². The smallest absolute Gasteiger partial charge is 0.346 e. The van der Waals surface area contributed by atoms with Gasteiger partial charge in [-0.05, 0) is 32.7 Å². The molecule has 1 saturated heterocycles. The Morgan fingerprint density at radius 2 is 2.17 bits per heavy atom. The second-order valence-electron chi connectivity index (χ2n) is 4.89. The zero-order valence-electron chi connectivity index (χ0n) is 10.6. The van der Waals surface area contributed by atoms with Crippen LogP contribution < -0.4 is 11.1 Å². The molecule has 0 aliphatic carbocycles. The van der Waals surface area contributed by atoms with Crippen LogP contribution in [0.1, 0.15) is 20.3 Å². The maximum Gasteiger partial charge on any atom is 0.405 e. The van der Waals surface area contributed by atoms with Gasteiger partial charge in [0.05, 0.1) is 6.04 Å². The summed E-state index contributed by atoms with van der Waals surface area (Å²) in [4.78, 5) is 13.5. The van der Waals surface area contributed by atoms with E-state index in [1.165, 1.54) is 0 Å². The van der Waals surface area contributed by atoms with Crippen molar-refractivity contribution in [1.82, 2.24) is 10.2 Å². The summed E-state index contributed by atoms with van der Waals surface area (Å²) in [5.74, 6) is -0.269. The maximum atomic E-state index is 12.0. The van der Waals surface area contributed by atoms with Crippen LogP contribution in [0.15, 0.2) is 0 Å². The molecule has 7 heteroatoms. The lowest BCUT2D eigenvalue weighted by molar-refractivity contribution is -0.141. The van der Waals surface area contributed by atoms with E-state index >= 15 is 0 Å². The lowest BCUT2D eigenvalue weighted by Gasteiger charge is -2.27. The molecule has 18 heavy (non-hydrogen) atoms. The number of likely N-dealkylation sites (tertiary alicyclic amines) is 1. The van der Waals surface area contributed by atoms with Gasteiger partial charge in [-0.25, -0.2) is 0 Å². The van der Waals surface area contributed by atoms with Gasteiger partial charge in [0.1, 0.15) is 6.54 Å². The monoisotopic (exact) mass is 267 g/mol. The predicted octanol–water partition coefficient (Wildman–Crippen LogP) is 0.723. The number of nitrogens with one attached hydrogen (secondary N) is 1. The van der Waals surface area contributed by atoms with Crippen LogP contribution in [0.4, 0.5) is 13.2 Å². The van der Waals surface area contributed by atoms with E-state index in [4.69, 9.17) is 5.73 Å². The summed E-state index contributed by atoms with van der Waals surface area (Å²) in [5.41, 5.74) is 5.57. The van der Waals surface area contributed by atoms with Crippen molar-refractivity contribution in [2.24, 2.45) is 11.7 Å². The molecule has 0 bridgehead atoms. The van der Waals surface area contributed by atoms with Crippen molar-refractivity contribution >= 4 is 5.91 Å². The molecule has 0 aromatic heterocycles. The first kappa shape index (κ1) is 15.2. The van der Waals surface area contributed by atoms with Gasteiger partial charge in [-0.15, -0.1) is 0 Å². The van der Waals surface area contributed by atoms with Gasteiger partial charge in [-0.1, -0.05) is 0 Å². The highest BCUT2D eigenvalue weighted by molar-refractivity contribution is 5.81. The van der Waals surface area contributed by atoms with Gasteiger partial charge in [0.15, 0.2) is 0 Å². The number of halogens is 3. The molecule has 1 fully saturated rings. The number of hydrogen-bond acceptors (Lipinski definition) is 3. The average molecular weight is 267 g/mol. The maximum absolute atomic E-state index is 12.0. The third kappa shape index (κ3) is 4.13. The van der Waals surface area contributed by atoms with Crippen molar-refractivity contribution in [3.05, 3.63) is 0 Å². The summed E-state index contributed by atoms with van der Waals surface area (Å²) in [6, 6.07) is -0.385. The SMILES string of the molecule is CC1CC(CN)CN1C(C)C(=O)NCC(F)(F)F. The minimum Gasteiger partial charge on any atom is -0.346 e. The molecule has 1 amide bonds. The molecule has 106 valence electrons. The molecular formula is C11H20F3N3O. The van der Waals surface area contributed by atoms with E-state index < -0.39 is 24.7 Å². The van der Waals surface area contributed by atoms with Crippen LogP contribution in [0.2, 0.25) is 0 Å². The number of nitrogens with two attached hydrogens (primary N) is 1. The number of alkyl halides is 3. The van der Waals surface area contributed by atoms with Crippen LogP contribution >= 0.6 is 0 Å². The minimum atomic E-state index is -4.37. The van der Waals surface area contributed by atoms with E-state index in [-0.39, 0.29) is 6.04 Å². The third-order valence-electron chi connectivity index (χ3n) is 3.38. The van der Waals surface area contributed by atoms with Crippen molar-refractivity contribution in [3.8, 4) is 0 Å². The molecule has 0 spiro atoms. The fraction of sp³-hybridized carbons (Fsp3) is 0.909. The predicted molar refractivity (Wildman–Crippen MR) is 61.9 cm³/mol. The van der Waals surface area contributed by atoms with Gasteiger partial charge in [-0.2, -0.15) is 13.2 Å². The normalized spacial score (nSPS) is 27.2. The van der Waals surface area contributed by atoms with E-state index in [1.807, 2.05) is 17.1 Å². The van der Waals surface area contributed by atoms with E-state index in [9.17, 15) is 18.0 Å². The molecule has 1 rings (SSSR count). The molecule has 1 heterocycles. The molecule has 3 atom stereocenters. The highest BCUT2D eigenvalue weighted by atomic mass is 19.4. The first-order valence-corrected chi connectivity index (χ1v) is 6.05. The molecule has 3 unspecified atom stereocenters. The van der Waals surface area contributed by atoms with Crippen molar-refractivity contribution in [3.63, 3.8) is 0 Å².